The van der Waals surface area contributed by atoms with E-state index in [0.29, 0.717) is 6.42 Å². The van der Waals surface area contributed by atoms with Crippen LogP contribution in [-0.2, 0) is 9.53 Å². The minimum atomic E-state index is -0.0818. The Bertz CT molecular complexity index is 207. The molecule has 0 fully saturated rings. The van der Waals surface area contributed by atoms with Crippen LogP contribution in [0.25, 0.3) is 0 Å². The molecule has 0 unspecified atom stereocenters. The number of carbonyl (C=O) groups is 1. The highest BCUT2D eigenvalue weighted by atomic mass is 16.5. The average Bonchev–Trinajstić information content (AvgIpc) is 2.30. The van der Waals surface area contributed by atoms with E-state index in [1.54, 1.807) is 0 Å². The van der Waals surface area contributed by atoms with Gasteiger partial charge in [0.2, 0.25) is 0 Å². The number of ether oxygens (including phenoxy) is 1. The Kier molecular flexibility index (Phi) is 11.1. The van der Waals surface area contributed by atoms with Crippen LogP contribution >= 0.6 is 0 Å². The molecule has 0 spiro atoms. The van der Waals surface area contributed by atoms with E-state index in [1.165, 1.54) is 39.2 Å². The number of unbranched alkanes of at least 4 members (excludes halogenated alkanes) is 5. The highest BCUT2D eigenvalue weighted by molar-refractivity contribution is 5.68. The molecule has 0 bridgehead atoms. The van der Waals surface area contributed by atoms with E-state index in [-0.39, 0.29) is 5.97 Å². The van der Waals surface area contributed by atoms with Gasteiger partial charge in [-0.15, -0.1) is 0 Å². The van der Waals surface area contributed by atoms with Crippen molar-refractivity contribution in [3.63, 3.8) is 0 Å². The third kappa shape index (κ3) is 13.1. The maximum absolute atomic E-state index is 10.8. The summed E-state index contributed by atoms with van der Waals surface area (Å²) in [5, 5.41) is 0. The highest BCUT2D eigenvalue weighted by Crippen LogP contribution is 2.08. The summed E-state index contributed by atoms with van der Waals surface area (Å²) in [5.74, 6) is 0.686. The molecule has 0 aliphatic carbocycles. The van der Waals surface area contributed by atoms with E-state index in [1.807, 2.05) is 0 Å². The fourth-order valence-electron chi connectivity index (χ4n) is 1.65. The summed E-state index contributed by atoms with van der Waals surface area (Å²) >= 11 is 0. The molecule has 100 valence electrons. The van der Waals surface area contributed by atoms with Crippen molar-refractivity contribution >= 4 is 5.97 Å². The standard InChI is InChI=1S/C15H28O2/c1-14(2)12-10-8-6-4-5-7-9-11-13-15(16)17-3/h8,10,14H,4-7,9,11-13H2,1-3H3/b10-8+. The van der Waals surface area contributed by atoms with Crippen molar-refractivity contribution in [1.82, 2.24) is 0 Å². The van der Waals surface area contributed by atoms with E-state index in [2.05, 4.69) is 30.7 Å². The molecule has 0 radical (unpaired) electrons. The first-order valence-corrected chi connectivity index (χ1v) is 6.88. The molecule has 0 rings (SSSR count). The lowest BCUT2D eigenvalue weighted by molar-refractivity contribution is -0.140. The molecule has 0 aromatic heterocycles. The van der Waals surface area contributed by atoms with E-state index in [4.69, 9.17) is 0 Å². The van der Waals surface area contributed by atoms with Crippen molar-refractivity contribution in [2.75, 3.05) is 7.11 Å². The van der Waals surface area contributed by atoms with Crippen LogP contribution in [0.2, 0.25) is 0 Å². The molecule has 0 saturated heterocycles. The summed E-state index contributed by atoms with van der Waals surface area (Å²) in [4.78, 5) is 10.8. The van der Waals surface area contributed by atoms with E-state index in [0.717, 1.165) is 18.8 Å². The Balaban J connectivity index is 3.13. The molecule has 0 aliphatic rings. The second-order valence-corrected chi connectivity index (χ2v) is 4.98. The van der Waals surface area contributed by atoms with Gasteiger partial charge in [0.25, 0.3) is 0 Å². The largest absolute Gasteiger partial charge is 0.469 e. The first-order valence-electron chi connectivity index (χ1n) is 6.88. The normalized spacial score (nSPS) is 11.3. The van der Waals surface area contributed by atoms with Crippen molar-refractivity contribution in [3.05, 3.63) is 12.2 Å². The molecule has 0 aromatic carbocycles. The van der Waals surface area contributed by atoms with Crippen LogP contribution in [0.4, 0.5) is 0 Å². The van der Waals surface area contributed by atoms with Gasteiger partial charge in [-0.3, -0.25) is 4.79 Å². The predicted molar refractivity (Wildman–Crippen MR) is 72.9 cm³/mol. The second kappa shape index (κ2) is 11.7. The Morgan fingerprint density at radius 3 is 2.35 bits per heavy atom. The SMILES string of the molecule is COC(=O)CCCCCCC/C=C/CC(C)C. The van der Waals surface area contributed by atoms with Crippen molar-refractivity contribution in [2.24, 2.45) is 5.92 Å². The van der Waals surface area contributed by atoms with Gasteiger partial charge in [0.05, 0.1) is 7.11 Å². The van der Waals surface area contributed by atoms with Crippen LogP contribution in [0.15, 0.2) is 12.2 Å². The van der Waals surface area contributed by atoms with Gasteiger partial charge < -0.3 is 4.74 Å². The lowest BCUT2D eigenvalue weighted by Gasteiger charge is -2.00. The molecule has 0 amide bonds. The van der Waals surface area contributed by atoms with Gasteiger partial charge >= 0.3 is 5.97 Å². The van der Waals surface area contributed by atoms with E-state index < -0.39 is 0 Å². The molecule has 0 heterocycles. The van der Waals surface area contributed by atoms with Crippen LogP contribution < -0.4 is 0 Å². The molecular weight excluding hydrogens is 212 g/mol. The zero-order chi connectivity index (χ0) is 12.9. The predicted octanol–water partition coefficient (Wildman–Crippen LogP) is 4.49. The van der Waals surface area contributed by atoms with Crippen molar-refractivity contribution < 1.29 is 9.53 Å². The van der Waals surface area contributed by atoms with E-state index >= 15 is 0 Å². The minimum Gasteiger partial charge on any atom is -0.469 e. The van der Waals surface area contributed by atoms with Gasteiger partial charge in [-0.05, 0) is 31.6 Å². The number of hydrogen-bond acceptors (Lipinski definition) is 2. The molecular formula is C15H28O2. The maximum atomic E-state index is 10.8. The monoisotopic (exact) mass is 240 g/mol. The fourth-order valence-corrected chi connectivity index (χ4v) is 1.65. The van der Waals surface area contributed by atoms with Crippen molar-refractivity contribution in [2.45, 2.75) is 65.2 Å². The fraction of sp³-hybridized carbons (Fsp3) is 0.800. The average molecular weight is 240 g/mol. The lowest BCUT2D eigenvalue weighted by Crippen LogP contribution is -1.99. The van der Waals surface area contributed by atoms with Crippen LogP contribution in [-0.4, -0.2) is 13.1 Å². The molecule has 0 aromatic rings. The molecule has 0 saturated carbocycles. The third-order valence-corrected chi connectivity index (χ3v) is 2.75. The van der Waals surface area contributed by atoms with Crippen LogP contribution in [0.1, 0.15) is 65.2 Å². The number of allylic oxidation sites excluding steroid dienone is 2. The van der Waals surface area contributed by atoms with Gasteiger partial charge in [0.1, 0.15) is 0 Å². The first-order chi connectivity index (χ1) is 8.16. The quantitative estimate of drug-likeness (QED) is 0.319. The second-order valence-electron chi connectivity index (χ2n) is 4.98. The molecule has 17 heavy (non-hydrogen) atoms. The number of rotatable bonds is 10. The smallest absolute Gasteiger partial charge is 0.305 e. The first kappa shape index (κ1) is 16.2. The molecule has 0 atom stereocenters. The summed E-state index contributed by atoms with van der Waals surface area (Å²) in [5.41, 5.74) is 0. The Morgan fingerprint density at radius 2 is 1.71 bits per heavy atom. The molecule has 0 N–H and O–H groups in total. The molecule has 2 nitrogen and oxygen atoms in total. The summed E-state index contributed by atoms with van der Waals surface area (Å²) in [7, 11) is 1.45. The summed E-state index contributed by atoms with van der Waals surface area (Å²) in [6.45, 7) is 4.48. The van der Waals surface area contributed by atoms with Gasteiger partial charge in [-0.2, -0.15) is 0 Å². The number of esters is 1. The summed E-state index contributed by atoms with van der Waals surface area (Å²) in [6.07, 6.45) is 13.4. The van der Waals surface area contributed by atoms with Crippen LogP contribution in [0.3, 0.4) is 0 Å². The van der Waals surface area contributed by atoms with Crippen molar-refractivity contribution in [3.8, 4) is 0 Å². The summed E-state index contributed by atoms with van der Waals surface area (Å²) in [6, 6.07) is 0. The third-order valence-electron chi connectivity index (χ3n) is 2.75. The lowest BCUT2D eigenvalue weighted by atomic mass is 10.1. The Labute approximate surface area is 106 Å². The molecule has 0 aliphatic heterocycles. The van der Waals surface area contributed by atoms with Crippen LogP contribution in [0.5, 0.6) is 0 Å². The van der Waals surface area contributed by atoms with Gasteiger partial charge in [-0.1, -0.05) is 45.3 Å². The summed E-state index contributed by atoms with van der Waals surface area (Å²) < 4.78 is 4.59. The zero-order valence-corrected chi connectivity index (χ0v) is 11.7. The number of carbonyl (C=O) groups excluding carboxylic acids is 1. The minimum absolute atomic E-state index is 0.0818. The van der Waals surface area contributed by atoms with Gasteiger partial charge in [-0.25, -0.2) is 0 Å². The number of methoxy groups -OCH3 is 1. The van der Waals surface area contributed by atoms with Gasteiger partial charge in [0.15, 0.2) is 0 Å². The Hall–Kier alpha value is -0.790. The highest BCUT2D eigenvalue weighted by Gasteiger charge is 1.98. The van der Waals surface area contributed by atoms with Gasteiger partial charge in [0, 0.05) is 6.42 Å². The van der Waals surface area contributed by atoms with E-state index in [9.17, 15) is 4.79 Å². The zero-order valence-electron chi connectivity index (χ0n) is 11.7. The maximum Gasteiger partial charge on any atom is 0.305 e. The van der Waals surface area contributed by atoms with Crippen LogP contribution in [0, 0.1) is 5.92 Å². The topological polar surface area (TPSA) is 26.3 Å². The number of hydrogen-bond donors (Lipinski definition) is 0. The van der Waals surface area contributed by atoms with Crippen molar-refractivity contribution in [1.29, 1.82) is 0 Å². The molecule has 2 heteroatoms. The Morgan fingerprint density at radius 1 is 1.06 bits per heavy atom.